The van der Waals surface area contributed by atoms with E-state index in [4.69, 9.17) is 0 Å². The van der Waals surface area contributed by atoms with Crippen molar-refractivity contribution in [3.63, 3.8) is 0 Å². The zero-order valence-corrected chi connectivity index (χ0v) is 10.6. The van der Waals surface area contributed by atoms with Gasteiger partial charge in [-0.05, 0) is 31.2 Å². The standard InChI is InChI=1S/C14H22N2/c1-5-7-10-8-6-9-11-12(10)15-16-13(11)14(2,3)4/h5,10H,1,6-9H2,2-4H3,(H,15,16). The Hall–Kier alpha value is -1.05. The van der Waals surface area contributed by atoms with Gasteiger partial charge >= 0.3 is 0 Å². The van der Waals surface area contributed by atoms with E-state index >= 15 is 0 Å². The Kier molecular flexibility index (Phi) is 2.92. The van der Waals surface area contributed by atoms with Crippen LogP contribution in [0, 0.1) is 0 Å². The van der Waals surface area contributed by atoms with Crippen molar-refractivity contribution in [3.8, 4) is 0 Å². The number of allylic oxidation sites excluding steroid dienone is 1. The van der Waals surface area contributed by atoms with Crippen LogP contribution in [0.5, 0.6) is 0 Å². The second kappa shape index (κ2) is 4.08. The molecule has 2 heteroatoms. The van der Waals surface area contributed by atoms with Gasteiger partial charge in [-0.25, -0.2) is 0 Å². The molecule has 1 N–H and O–H groups in total. The third-order valence-corrected chi connectivity index (χ3v) is 3.45. The van der Waals surface area contributed by atoms with E-state index < -0.39 is 0 Å². The summed E-state index contributed by atoms with van der Waals surface area (Å²) in [5, 5.41) is 7.81. The summed E-state index contributed by atoms with van der Waals surface area (Å²) in [5.41, 5.74) is 4.26. The van der Waals surface area contributed by atoms with E-state index in [1.54, 1.807) is 0 Å². The van der Waals surface area contributed by atoms with Crippen LogP contribution in [-0.2, 0) is 11.8 Å². The van der Waals surface area contributed by atoms with Crippen molar-refractivity contribution in [1.29, 1.82) is 0 Å². The number of aromatic amines is 1. The van der Waals surface area contributed by atoms with Gasteiger partial charge in [0.2, 0.25) is 0 Å². The van der Waals surface area contributed by atoms with E-state index in [0.29, 0.717) is 5.92 Å². The first-order chi connectivity index (χ1) is 7.54. The number of rotatable bonds is 2. The predicted octanol–water partition coefficient (Wildman–Crippen LogP) is 3.70. The summed E-state index contributed by atoms with van der Waals surface area (Å²) < 4.78 is 0. The second-order valence-corrected chi connectivity index (χ2v) is 5.83. The first-order valence-corrected chi connectivity index (χ1v) is 6.22. The van der Waals surface area contributed by atoms with E-state index in [-0.39, 0.29) is 5.41 Å². The normalized spacial score (nSPS) is 20.6. The number of nitrogens with one attached hydrogen (secondary N) is 1. The minimum atomic E-state index is 0.153. The summed E-state index contributed by atoms with van der Waals surface area (Å²) in [4.78, 5) is 0. The van der Waals surface area contributed by atoms with Crippen LogP contribution in [0.15, 0.2) is 12.7 Å². The minimum absolute atomic E-state index is 0.153. The van der Waals surface area contributed by atoms with E-state index in [9.17, 15) is 0 Å². The van der Waals surface area contributed by atoms with Crippen LogP contribution in [0.1, 0.15) is 62.9 Å². The molecule has 1 aromatic heterocycles. The Morgan fingerprint density at radius 3 is 2.88 bits per heavy atom. The molecule has 0 saturated carbocycles. The van der Waals surface area contributed by atoms with Gasteiger partial charge in [0.15, 0.2) is 0 Å². The molecule has 0 amide bonds. The van der Waals surface area contributed by atoms with Gasteiger partial charge in [0.1, 0.15) is 0 Å². The lowest BCUT2D eigenvalue weighted by Gasteiger charge is -2.24. The quantitative estimate of drug-likeness (QED) is 0.753. The number of H-pyrrole nitrogens is 1. The molecule has 0 aliphatic heterocycles. The summed E-state index contributed by atoms with van der Waals surface area (Å²) in [6, 6.07) is 0. The Morgan fingerprint density at radius 2 is 2.25 bits per heavy atom. The Labute approximate surface area is 98.1 Å². The molecule has 0 aromatic carbocycles. The van der Waals surface area contributed by atoms with Crippen molar-refractivity contribution in [2.45, 2.75) is 57.8 Å². The highest BCUT2D eigenvalue weighted by Gasteiger charge is 2.29. The van der Waals surface area contributed by atoms with Crippen LogP contribution >= 0.6 is 0 Å². The van der Waals surface area contributed by atoms with E-state index in [1.807, 2.05) is 6.08 Å². The van der Waals surface area contributed by atoms with Gasteiger partial charge in [0.25, 0.3) is 0 Å². The molecule has 1 aromatic rings. The van der Waals surface area contributed by atoms with Crippen molar-refractivity contribution in [2.24, 2.45) is 0 Å². The maximum absolute atomic E-state index is 4.54. The van der Waals surface area contributed by atoms with Gasteiger partial charge in [-0.2, -0.15) is 5.10 Å². The number of nitrogens with zero attached hydrogens (tertiary/aromatic N) is 1. The van der Waals surface area contributed by atoms with Gasteiger partial charge in [-0.3, -0.25) is 5.10 Å². The van der Waals surface area contributed by atoms with Crippen molar-refractivity contribution in [1.82, 2.24) is 10.2 Å². The van der Waals surface area contributed by atoms with Gasteiger partial charge in [0, 0.05) is 17.0 Å². The van der Waals surface area contributed by atoms with Gasteiger partial charge in [-0.15, -0.1) is 6.58 Å². The molecule has 0 radical (unpaired) electrons. The van der Waals surface area contributed by atoms with Crippen molar-refractivity contribution in [3.05, 3.63) is 29.6 Å². The summed E-state index contributed by atoms with van der Waals surface area (Å²) in [6.07, 6.45) is 6.83. The van der Waals surface area contributed by atoms with Gasteiger partial charge < -0.3 is 0 Å². The van der Waals surface area contributed by atoms with Crippen LogP contribution in [-0.4, -0.2) is 10.2 Å². The SMILES string of the molecule is C=CCC1CCCc2c(C(C)(C)C)n[nH]c21. The van der Waals surface area contributed by atoms with E-state index in [2.05, 4.69) is 37.5 Å². The molecule has 2 rings (SSSR count). The average Bonchev–Trinajstić information content (AvgIpc) is 2.62. The molecule has 2 nitrogen and oxygen atoms in total. The second-order valence-electron chi connectivity index (χ2n) is 5.83. The number of fused-ring (bicyclic) bond motifs is 1. The Morgan fingerprint density at radius 1 is 1.50 bits per heavy atom. The topological polar surface area (TPSA) is 28.7 Å². The molecule has 1 aliphatic rings. The zero-order valence-electron chi connectivity index (χ0n) is 10.6. The third-order valence-electron chi connectivity index (χ3n) is 3.45. The Bertz CT molecular complexity index is 382. The fourth-order valence-corrected chi connectivity index (χ4v) is 2.70. The maximum Gasteiger partial charge on any atom is 0.0710 e. The lowest BCUT2D eigenvalue weighted by atomic mass is 9.80. The summed E-state index contributed by atoms with van der Waals surface area (Å²) in [6.45, 7) is 10.6. The molecule has 1 atom stereocenters. The highest BCUT2D eigenvalue weighted by atomic mass is 15.1. The molecule has 0 spiro atoms. The highest BCUT2D eigenvalue weighted by molar-refractivity contribution is 5.34. The van der Waals surface area contributed by atoms with Crippen molar-refractivity contribution < 1.29 is 0 Å². The molecule has 1 heterocycles. The van der Waals surface area contributed by atoms with Crippen LogP contribution in [0.4, 0.5) is 0 Å². The van der Waals surface area contributed by atoms with Gasteiger partial charge in [-0.1, -0.05) is 26.8 Å². The van der Waals surface area contributed by atoms with Crippen LogP contribution < -0.4 is 0 Å². The minimum Gasteiger partial charge on any atom is -0.282 e. The first kappa shape index (κ1) is 11.4. The molecule has 16 heavy (non-hydrogen) atoms. The van der Waals surface area contributed by atoms with Crippen molar-refractivity contribution >= 4 is 0 Å². The Balaban J connectivity index is 2.38. The fourth-order valence-electron chi connectivity index (χ4n) is 2.70. The van der Waals surface area contributed by atoms with Crippen molar-refractivity contribution in [2.75, 3.05) is 0 Å². The number of hydrogen-bond acceptors (Lipinski definition) is 1. The molecular weight excluding hydrogens is 196 g/mol. The van der Waals surface area contributed by atoms with Crippen LogP contribution in [0.3, 0.4) is 0 Å². The summed E-state index contributed by atoms with van der Waals surface area (Å²) in [7, 11) is 0. The third kappa shape index (κ3) is 1.93. The fraction of sp³-hybridized carbons (Fsp3) is 0.643. The summed E-state index contributed by atoms with van der Waals surface area (Å²) in [5.74, 6) is 0.616. The maximum atomic E-state index is 4.54. The lowest BCUT2D eigenvalue weighted by Crippen LogP contribution is -2.16. The molecule has 1 unspecified atom stereocenters. The van der Waals surface area contributed by atoms with E-state index in [0.717, 1.165) is 6.42 Å². The monoisotopic (exact) mass is 218 g/mol. The zero-order chi connectivity index (χ0) is 11.8. The molecule has 88 valence electrons. The largest absolute Gasteiger partial charge is 0.282 e. The van der Waals surface area contributed by atoms with E-state index in [1.165, 1.54) is 36.2 Å². The lowest BCUT2D eigenvalue weighted by molar-refractivity contribution is 0.531. The molecule has 0 fully saturated rings. The van der Waals surface area contributed by atoms with Crippen LogP contribution in [0.2, 0.25) is 0 Å². The smallest absolute Gasteiger partial charge is 0.0710 e. The first-order valence-electron chi connectivity index (χ1n) is 6.22. The number of hydrogen-bond donors (Lipinski definition) is 1. The average molecular weight is 218 g/mol. The predicted molar refractivity (Wildman–Crippen MR) is 67.8 cm³/mol. The molecule has 1 aliphatic carbocycles. The molecule has 0 saturated heterocycles. The highest BCUT2D eigenvalue weighted by Crippen LogP contribution is 2.37. The number of aromatic nitrogens is 2. The summed E-state index contributed by atoms with van der Waals surface area (Å²) >= 11 is 0. The molecule has 0 bridgehead atoms. The van der Waals surface area contributed by atoms with Gasteiger partial charge in [0.05, 0.1) is 5.69 Å². The van der Waals surface area contributed by atoms with Crippen LogP contribution in [0.25, 0.3) is 0 Å². The molecular formula is C14H22N2.